The van der Waals surface area contributed by atoms with Gasteiger partial charge in [0.1, 0.15) is 0 Å². The number of hydrogen-bond acceptors (Lipinski definition) is 0. The summed E-state index contributed by atoms with van der Waals surface area (Å²) in [6, 6.07) is 6.48. The summed E-state index contributed by atoms with van der Waals surface area (Å²) in [5.74, 6) is 3.19. The lowest BCUT2D eigenvalue weighted by Crippen LogP contribution is -2.11. The Morgan fingerprint density at radius 1 is 1.20 bits per heavy atom. The van der Waals surface area contributed by atoms with E-state index in [9.17, 15) is 0 Å². The monoisotopic (exact) mass is 198 g/mol. The van der Waals surface area contributed by atoms with Crippen molar-refractivity contribution < 1.29 is 0 Å². The van der Waals surface area contributed by atoms with Gasteiger partial charge in [0.05, 0.1) is 0 Å². The molecule has 2 radical (unpaired) electrons. The topological polar surface area (TPSA) is 0 Å². The highest BCUT2D eigenvalue weighted by molar-refractivity contribution is 5.48. The fraction of sp³-hybridized carbons (Fsp3) is 0.533. The summed E-state index contributed by atoms with van der Waals surface area (Å²) in [7, 11) is 0. The summed E-state index contributed by atoms with van der Waals surface area (Å²) >= 11 is 0. The molecule has 0 nitrogen and oxygen atoms in total. The van der Waals surface area contributed by atoms with Crippen LogP contribution in [0.2, 0.25) is 0 Å². The van der Waals surface area contributed by atoms with E-state index < -0.39 is 0 Å². The Kier molecular flexibility index (Phi) is 1.95. The predicted molar refractivity (Wildman–Crippen MR) is 62.9 cm³/mol. The summed E-state index contributed by atoms with van der Waals surface area (Å²) < 4.78 is 0. The first kappa shape index (κ1) is 9.45. The molecule has 15 heavy (non-hydrogen) atoms. The van der Waals surface area contributed by atoms with Crippen LogP contribution in [-0.2, 0) is 0 Å². The molecule has 0 aliphatic heterocycles. The standard InChI is InChI=1S/C15H18/c1-9(2)14-12-7-8-13(14)15-10(3)5-4-6-11(12)15/h3-6,9,12-14H,7-8H2,1-2H3. The minimum atomic E-state index is 0.756. The van der Waals surface area contributed by atoms with E-state index >= 15 is 0 Å². The molecule has 2 bridgehead atoms. The van der Waals surface area contributed by atoms with Crippen LogP contribution in [0.5, 0.6) is 0 Å². The van der Waals surface area contributed by atoms with Crippen LogP contribution in [0, 0.1) is 18.8 Å². The quantitative estimate of drug-likeness (QED) is 0.640. The van der Waals surface area contributed by atoms with Crippen LogP contribution in [0.4, 0.5) is 0 Å². The maximum absolute atomic E-state index is 6.12. The van der Waals surface area contributed by atoms with Crippen molar-refractivity contribution in [3.05, 3.63) is 41.8 Å². The minimum Gasteiger partial charge on any atom is -0.0625 e. The normalized spacial score (nSPS) is 32.4. The second kappa shape index (κ2) is 3.10. The Bertz CT molecular complexity index is 389. The largest absolute Gasteiger partial charge is 0.0625 e. The SMILES string of the molecule is [CH]c1cccc2c1C1CCC2C1C(C)C. The van der Waals surface area contributed by atoms with Crippen LogP contribution >= 0.6 is 0 Å². The van der Waals surface area contributed by atoms with Crippen LogP contribution in [0.1, 0.15) is 55.2 Å². The van der Waals surface area contributed by atoms with E-state index in [2.05, 4.69) is 32.0 Å². The van der Waals surface area contributed by atoms with Gasteiger partial charge in [-0.15, -0.1) is 0 Å². The van der Waals surface area contributed by atoms with Crippen molar-refractivity contribution in [2.75, 3.05) is 0 Å². The van der Waals surface area contributed by atoms with Crippen molar-refractivity contribution in [1.82, 2.24) is 0 Å². The van der Waals surface area contributed by atoms with Crippen molar-refractivity contribution in [2.45, 2.75) is 38.5 Å². The van der Waals surface area contributed by atoms with Crippen molar-refractivity contribution >= 4 is 0 Å². The first-order valence-corrected chi connectivity index (χ1v) is 6.08. The average molecular weight is 198 g/mol. The van der Waals surface area contributed by atoms with E-state index in [0.29, 0.717) is 0 Å². The highest BCUT2D eigenvalue weighted by atomic mass is 14.5. The molecule has 1 fully saturated rings. The predicted octanol–water partition coefficient (Wildman–Crippen LogP) is 3.99. The van der Waals surface area contributed by atoms with E-state index in [0.717, 1.165) is 29.2 Å². The zero-order chi connectivity index (χ0) is 10.6. The number of benzene rings is 1. The Balaban J connectivity index is 2.13. The Morgan fingerprint density at radius 2 is 1.93 bits per heavy atom. The molecular weight excluding hydrogens is 180 g/mol. The zero-order valence-electron chi connectivity index (χ0n) is 9.53. The molecule has 0 heterocycles. The molecule has 3 atom stereocenters. The number of hydrogen-bond donors (Lipinski definition) is 0. The first-order chi connectivity index (χ1) is 7.20. The Morgan fingerprint density at radius 3 is 2.60 bits per heavy atom. The summed E-state index contributed by atoms with van der Waals surface area (Å²) in [5, 5.41) is 0. The second-order valence-electron chi connectivity index (χ2n) is 5.46. The molecule has 0 saturated heterocycles. The van der Waals surface area contributed by atoms with Gasteiger partial charge in [-0.25, -0.2) is 0 Å². The van der Waals surface area contributed by atoms with E-state index in [1.54, 1.807) is 5.56 Å². The van der Waals surface area contributed by atoms with Crippen molar-refractivity contribution in [2.24, 2.45) is 11.8 Å². The van der Waals surface area contributed by atoms with E-state index in [4.69, 9.17) is 6.92 Å². The molecule has 2 aliphatic carbocycles. The summed E-state index contributed by atoms with van der Waals surface area (Å²) in [5.41, 5.74) is 4.09. The third-order valence-corrected chi connectivity index (χ3v) is 4.43. The van der Waals surface area contributed by atoms with Gasteiger partial charge in [-0.2, -0.15) is 0 Å². The van der Waals surface area contributed by atoms with Crippen LogP contribution in [-0.4, -0.2) is 0 Å². The third kappa shape index (κ3) is 1.14. The molecule has 1 saturated carbocycles. The molecule has 3 rings (SSSR count). The van der Waals surface area contributed by atoms with Crippen molar-refractivity contribution in [1.29, 1.82) is 0 Å². The maximum atomic E-state index is 6.12. The van der Waals surface area contributed by atoms with Gasteiger partial charge >= 0.3 is 0 Å². The highest BCUT2D eigenvalue weighted by Crippen LogP contribution is 2.60. The molecule has 0 N–H and O–H groups in total. The van der Waals surface area contributed by atoms with E-state index in [-0.39, 0.29) is 0 Å². The molecule has 1 aromatic carbocycles. The van der Waals surface area contributed by atoms with Crippen LogP contribution in [0.15, 0.2) is 18.2 Å². The van der Waals surface area contributed by atoms with Gasteiger partial charge < -0.3 is 0 Å². The Hall–Kier alpha value is -0.780. The highest BCUT2D eigenvalue weighted by Gasteiger charge is 2.47. The van der Waals surface area contributed by atoms with Crippen LogP contribution in [0.3, 0.4) is 0 Å². The van der Waals surface area contributed by atoms with Crippen LogP contribution < -0.4 is 0 Å². The van der Waals surface area contributed by atoms with Crippen molar-refractivity contribution in [3.8, 4) is 0 Å². The molecule has 3 unspecified atom stereocenters. The average Bonchev–Trinajstić information content (AvgIpc) is 2.73. The van der Waals surface area contributed by atoms with Gasteiger partial charge in [0, 0.05) is 0 Å². The first-order valence-electron chi connectivity index (χ1n) is 6.08. The van der Waals surface area contributed by atoms with Gasteiger partial charge in [0.25, 0.3) is 0 Å². The fourth-order valence-corrected chi connectivity index (χ4v) is 4.01. The maximum Gasteiger partial charge on any atom is -0.000889 e. The van der Waals surface area contributed by atoms with Crippen LogP contribution in [0.25, 0.3) is 0 Å². The number of fused-ring (bicyclic) bond motifs is 5. The Labute approximate surface area is 92.7 Å². The summed E-state index contributed by atoms with van der Waals surface area (Å²) in [6.07, 6.45) is 2.73. The molecule has 78 valence electrons. The molecular formula is C15H18. The van der Waals surface area contributed by atoms with Gasteiger partial charge in [-0.3, -0.25) is 0 Å². The molecule has 0 heteroatoms. The lowest BCUT2D eigenvalue weighted by molar-refractivity contribution is 0.352. The van der Waals surface area contributed by atoms with Gasteiger partial charge in [0.2, 0.25) is 0 Å². The molecule has 1 aromatic rings. The van der Waals surface area contributed by atoms with Gasteiger partial charge in [-0.05, 0) is 60.1 Å². The van der Waals surface area contributed by atoms with Gasteiger partial charge in [-0.1, -0.05) is 32.0 Å². The smallest absolute Gasteiger partial charge is 0.000889 e. The lowest BCUT2D eigenvalue weighted by Gasteiger charge is -2.20. The fourth-order valence-electron chi connectivity index (χ4n) is 4.01. The van der Waals surface area contributed by atoms with E-state index in [1.165, 1.54) is 18.4 Å². The van der Waals surface area contributed by atoms with Gasteiger partial charge in [0.15, 0.2) is 0 Å². The molecule has 0 aromatic heterocycles. The molecule has 2 aliphatic rings. The second-order valence-corrected chi connectivity index (χ2v) is 5.46. The van der Waals surface area contributed by atoms with Crippen molar-refractivity contribution in [3.63, 3.8) is 0 Å². The number of rotatable bonds is 1. The zero-order valence-corrected chi connectivity index (χ0v) is 9.53. The minimum absolute atomic E-state index is 0.756. The lowest BCUT2D eigenvalue weighted by atomic mass is 9.84. The van der Waals surface area contributed by atoms with E-state index in [1.807, 2.05) is 0 Å². The molecule has 0 amide bonds. The summed E-state index contributed by atoms with van der Waals surface area (Å²) in [6.45, 7) is 10.8. The molecule has 0 spiro atoms. The third-order valence-electron chi connectivity index (χ3n) is 4.43. The summed E-state index contributed by atoms with van der Waals surface area (Å²) in [4.78, 5) is 0.